The summed E-state index contributed by atoms with van der Waals surface area (Å²) in [5.74, 6) is 1.06. The molecular formula is C10H17N3OS. The number of aromatic nitrogens is 3. The lowest BCUT2D eigenvalue weighted by Gasteiger charge is -2.13. The van der Waals surface area contributed by atoms with Gasteiger partial charge in [0.1, 0.15) is 5.82 Å². The van der Waals surface area contributed by atoms with Crippen molar-refractivity contribution in [3.05, 3.63) is 10.6 Å². The second-order valence-electron chi connectivity index (χ2n) is 3.99. The molecule has 2 rings (SSSR count). The van der Waals surface area contributed by atoms with Gasteiger partial charge in [-0.2, -0.15) is 5.10 Å². The van der Waals surface area contributed by atoms with Crippen LogP contribution in [0.3, 0.4) is 0 Å². The lowest BCUT2D eigenvalue weighted by molar-refractivity contribution is 0.105. The van der Waals surface area contributed by atoms with Gasteiger partial charge in [-0.25, -0.2) is 0 Å². The monoisotopic (exact) mass is 227 g/mol. The van der Waals surface area contributed by atoms with E-state index < -0.39 is 0 Å². The molecule has 4 nitrogen and oxygen atoms in total. The van der Waals surface area contributed by atoms with Gasteiger partial charge in [-0.1, -0.05) is 6.92 Å². The van der Waals surface area contributed by atoms with Crippen LogP contribution in [0.5, 0.6) is 0 Å². The fourth-order valence-corrected chi connectivity index (χ4v) is 2.63. The first-order valence-corrected chi connectivity index (χ1v) is 5.85. The number of nitrogens with one attached hydrogen (secondary N) is 1. The van der Waals surface area contributed by atoms with E-state index in [9.17, 15) is 0 Å². The molecule has 84 valence electrons. The van der Waals surface area contributed by atoms with Crippen LogP contribution in [0.25, 0.3) is 0 Å². The van der Waals surface area contributed by atoms with Crippen LogP contribution in [0.1, 0.15) is 38.1 Å². The Morgan fingerprint density at radius 2 is 2.40 bits per heavy atom. The van der Waals surface area contributed by atoms with E-state index in [2.05, 4.69) is 21.7 Å². The number of methoxy groups -OCH3 is 1. The second-order valence-corrected chi connectivity index (χ2v) is 4.38. The van der Waals surface area contributed by atoms with Crippen LogP contribution >= 0.6 is 12.2 Å². The first-order chi connectivity index (χ1) is 7.26. The Kier molecular flexibility index (Phi) is 3.21. The molecule has 1 saturated carbocycles. The van der Waals surface area contributed by atoms with E-state index in [0.717, 1.165) is 36.3 Å². The molecule has 1 heterocycles. The van der Waals surface area contributed by atoms with Crippen molar-refractivity contribution in [3.8, 4) is 0 Å². The van der Waals surface area contributed by atoms with Gasteiger partial charge in [-0.05, 0) is 31.5 Å². The summed E-state index contributed by atoms with van der Waals surface area (Å²) in [5, 5.41) is 7.11. The van der Waals surface area contributed by atoms with Crippen LogP contribution in [0.4, 0.5) is 0 Å². The predicted octanol–water partition coefficient (Wildman–Crippen LogP) is 2.24. The van der Waals surface area contributed by atoms with Crippen molar-refractivity contribution in [2.45, 2.75) is 44.8 Å². The molecule has 15 heavy (non-hydrogen) atoms. The second kappa shape index (κ2) is 4.45. The average Bonchev–Trinajstić information content (AvgIpc) is 2.83. The van der Waals surface area contributed by atoms with Crippen LogP contribution in [-0.4, -0.2) is 28.0 Å². The summed E-state index contributed by atoms with van der Waals surface area (Å²) in [5.41, 5.74) is 0. The highest BCUT2D eigenvalue weighted by Gasteiger charge is 2.27. The van der Waals surface area contributed by atoms with Gasteiger partial charge in [0.2, 0.25) is 0 Å². The fraction of sp³-hybridized carbons (Fsp3) is 0.800. The number of hydrogen-bond acceptors (Lipinski definition) is 3. The summed E-state index contributed by atoms with van der Waals surface area (Å²) in [7, 11) is 1.78. The lowest BCUT2D eigenvalue weighted by Crippen LogP contribution is -2.11. The third-order valence-corrected chi connectivity index (χ3v) is 3.44. The maximum absolute atomic E-state index is 5.37. The van der Waals surface area contributed by atoms with Gasteiger partial charge in [0, 0.05) is 19.6 Å². The SMILES string of the molecule is CCc1n[nH]c(=S)n1C1CCC(OC)C1. The van der Waals surface area contributed by atoms with Crippen LogP contribution in [0.15, 0.2) is 0 Å². The molecule has 1 aliphatic carbocycles. The highest BCUT2D eigenvalue weighted by atomic mass is 32.1. The van der Waals surface area contributed by atoms with Gasteiger partial charge in [-0.3, -0.25) is 5.10 Å². The van der Waals surface area contributed by atoms with E-state index in [-0.39, 0.29) is 0 Å². The molecule has 0 saturated heterocycles. The maximum atomic E-state index is 5.37. The number of ether oxygens (including phenoxy) is 1. The maximum Gasteiger partial charge on any atom is 0.195 e. The van der Waals surface area contributed by atoms with E-state index >= 15 is 0 Å². The number of nitrogens with zero attached hydrogens (tertiary/aromatic N) is 2. The molecule has 0 radical (unpaired) electrons. The van der Waals surface area contributed by atoms with Gasteiger partial charge in [-0.15, -0.1) is 0 Å². The Bertz CT molecular complexity index is 384. The van der Waals surface area contributed by atoms with Crippen molar-refractivity contribution in [2.75, 3.05) is 7.11 Å². The minimum atomic E-state index is 0.386. The average molecular weight is 227 g/mol. The van der Waals surface area contributed by atoms with Crippen molar-refractivity contribution in [1.82, 2.24) is 14.8 Å². The zero-order chi connectivity index (χ0) is 10.8. The number of hydrogen-bond donors (Lipinski definition) is 1. The van der Waals surface area contributed by atoms with Gasteiger partial charge in [0.25, 0.3) is 0 Å². The zero-order valence-corrected chi connectivity index (χ0v) is 10.0. The molecule has 0 spiro atoms. The highest BCUT2D eigenvalue weighted by molar-refractivity contribution is 7.71. The highest BCUT2D eigenvalue weighted by Crippen LogP contribution is 2.32. The van der Waals surface area contributed by atoms with Crippen LogP contribution in [0, 0.1) is 4.77 Å². The first-order valence-electron chi connectivity index (χ1n) is 5.44. The largest absolute Gasteiger partial charge is 0.381 e. The molecule has 2 atom stereocenters. The molecule has 1 fully saturated rings. The molecule has 2 unspecified atom stereocenters. The van der Waals surface area contributed by atoms with Crippen molar-refractivity contribution >= 4 is 12.2 Å². The summed E-state index contributed by atoms with van der Waals surface area (Å²) in [4.78, 5) is 0. The minimum Gasteiger partial charge on any atom is -0.381 e. The Balaban J connectivity index is 2.22. The molecule has 1 aromatic heterocycles. The molecule has 0 aliphatic heterocycles. The summed E-state index contributed by atoms with van der Waals surface area (Å²) in [6, 6.07) is 0.469. The number of rotatable bonds is 3. The van der Waals surface area contributed by atoms with E-state index in [1.165, 1.54) is 0 Å². The van der Waals surface area contributed by atoms with Crippen LogP contribution in [-0.2, 0) is 11.2 Å². The minimum absolute atomic E-state index is 0.386. The van der Waals surface area contributed by atoms with Crippen molar-refractivity contribution < 1.29 is 4.74 Å². The van der Waals surface area contributed by atoms with E-state index in [1.807, 2.05) is 0 Å². The molecule has 0 amide bonds. The summed E-state index contributed by atoms with van der Waals surface area (Å²) >= 11 is 5.25. The molecule has 1 aromatic rings. The van der Waals surface area contributed by atoms with Gasteiger partial charge < -0.3 is 9.30 Å². The zero-order valence-electron chi connectivity index (χ0n) is 9.19. The predicted molar refractivity (Wildman–Crippen MR) is 60.5 cm³/mol. The quantitative estimate of drug-likeness (QED) is 0.805. The van der Waals surface area contributed by atoms with E-state index in [1.54, 1.807) is 7.11 Å². The molecule has 0 bridgehead atoms. The Morgan fingerprint density at radius 3 is 3.00 bits per heavy atom. The van der Waals surface area contributed by atoms with E-state index in [4.69, 9.17) is 17.0 Å². The molecule has 5 heteroatoms. The molecule has 1 N–H and O–H groups in total. The number of aryl methyl sites for hydroxylation is 1. The van der Waals surface area contributed by atoms with Gasteiger partial charge >= 0.3 is 0 Å². The Hall–Kier alpha value is -0.680. The molecule has 0 aromatic carbocycles. The number of aromatic amines is 1. The van der Waals surface area contributed by atoms with Gasteiger partial charge in [0.15, 0.2) is 4.77 Å². The van der Waals surface area contributed by atoms with Gasteiger partial charge in [0.05, 0.1) is 6.10 Å². The third-order valence-electron chi connectivity index (χ3n) is 3.15. The van der Waals surface area contributed by atoms with Crippen molar-refractivity contribution in [1.29, 1.82) is 0 Å². The fourth-order valence-electron chi connectivity index (χ4n) is 2.33. The molecular weight excluding hydrogens is 210 g/mol. The summed E-state index contributed by atoms with van der Waals surface area (Å²) < 4.78 is 8.28. The standard InChI is InChI=1S/C10H17N3OS/c1-3-9-11-12-10(15)13(9)7-4-5-8(6-7)14-2/h7-8H,3-6H2,1-2H3,(H,12,15). The van der Waals surface area contributed by atoms with E-state index in [0.29, 0.717) is 12.1 Å². The topological polar surface area (TPSA) is 42.8 Å². The number of H-pyrrole nitrogens is 1. The van der Waals surface area contributed by atoms with Crippen molar-refractivity contribution in [3.63, 3.8) is 0 Å². The van der Waals surface area contributed by atoms with Crippen LogP contribution < -0.4 is 0 Å². The summed E-state index contributed by atoms with van der Waals surface area (Å²) in [6.45, 7) is 2.10. The normalized spacial score (nSPS) is 26.0. The Morgan fingerprint density at radius 1 is 1.60 bits per heavy atom. The molecule has 1 aliphatic rings. The Labute approximate surface area is 94.6 Å². The summed E-state index contributed by atoms with van der Waals surface area (Å²) in [6.07, 6.45) is 4.62. The van der Waals surface area contributed by atoms with Crippen molar-refractivity contribution in [2.24, 2.45) is 0 Å². The first kappa shape index (κ1) is 10.8. The third kappa shape index (κ3) is 1.99. The smallest absolute Gasteiger partial charge is 0.195 e. The lowest BCUT2D eigenvalue weighted by atomic mass is 10.2. The van der Waals surface area contributed by atoms with Crippen LogP contribution in [0.2, 0.25) is 0 Å².